The van der Waals surface area contributed by atoms with E-state index in [9.17, 15) is 0 Å². The average Bonchev–Trinajstić information content (AvgIpc) is 2.66. The molecule has 18 heavy (non-hydrogen) atoms. The van der Waals surface area contributed by atoms with Crippen molar-refractivity contribution in [1.29, 1.82) is 0 Å². The fraction of sp³-hybridized carbons (Fsp3) is 1.00. The van der Waals surface area contributed by atoms with E-state index in [1.165, 1.54) is 38.6 Å². The predicted octanol–water partition coefficient (Wildman–Crippen LogP) is 2.93. The van der Waals surface area contributed by atoms with Crippen molar-refractivity contribution in [2.24, 2.45) is 16.7 Å². The minimum atomic E-state index is 0.471. The normalized spacial score (nSPS) is 41.7. The van der Waals surface area contributed by atoms with Gasteiger partial charge in [-0.3, -0.25) is 0 Å². The summed E-state index contributed by atoms with van der Waals surface area (Å²) in [5, 5.41) is 7.69. The summed E-state index contributed by atoms with van der Waals surface area (Å²) in [4.78, 5) is 0. The lowest BCUT2D eigenvalue weighted by Gasteiger charge is -2.24. The highest BCUT2D eigenvalue weighted by atomic mass is 15.1. The Bertz CT molecular complexity index is 293. The predicted molar refractivity (Wildman–Crippen MR) is 76.6 cm³/mol. The van der Waals surface area contributed by atoms with E-state index in [2.05, 4.69) is 38.3 Å². The maximum absolute atomic E-state index is 3.87. The number of hydrogen-bond acceptors (Lipinski definition) is 2. The molecule has 0 spiro atoms. The molecule has 0 amide bonds. The molecule has 2 heteroatoms. The third kappa shape index (κ3) is 1.92. The van der Waals surface area contributed by atoms with E-state index in [1.807, 2.05) is 0 Å². The van der Waals surface area contributed by atoms with E-state index in [1.54, 1.807) is 0 Å². The molecule has 0 aromatic heterocycles. The first-order valence-corrected chi connectivity index (χ1v) is 7.92. The molecule has 2 N–H and O–H groups in total. The maximum Gasteiger partial charge on any atom is 0.0198 e. The summed E-state index contributed by atoms with van der Waals surface area (Å²) >= 11 is 0. The molecule has 3 aliphatic rings. The van der Waals surface area contributed by atoms with Crippen LogP contribution in [0.15, 0.2) is 0 Å². The standard InChI is InChI=1S/C16H30N2/c1-15(2)14(16(15,3)4)17-10-12-9-11-7-5-6-8-13(11)18-12/h11-14,17-18H,5-10H2,1-4H3. The lowest BCUT2D eigenvalue weighted by atomic mass is 9.85. The SMILES string of the molecule is CC1(C)C(NCC2CC3CCCCC3N2)C1(C)C. The first-order valence-electron chi connectivity index (χ1n) is 7.92. The third-order valence-electron chi connectivity index (χ3n) is 6.54. The Morgan fingerprint density at radius 2 is 1.72 bits per heavy atom. The van der Waals surface area contributed by atoms with Gasteiger partial charge in [0.1, 0.15) is 0 Å². The van der Waals surface area contributed by atoms with Gasteiger partial charge in [0.05, 0.1) is 0 Å². The van der Waals surface area contributed by atoms with E-state index in [4.69, 9.17) is 0 Å². The topological polar surface area (TPSA) is 24.1 Å². The van der Waals surface area contributed by atoms with Crippen LogP contribution >= 0.6 is 0 Å². The molecule has 3 fully saturated rings. The molecule has 104 valence electrons. The van der Waals surface area contributed by atoms with E-state index in [0.29, 0.717) is 16.9 Å². The second-order valence-electron chi connectivity index (χ2n) is 8.03. The number of hydrogen-bond donors (Lipinski definition) is 2. The quantitative estimate of drug-likeness (QED) is 0.805. The lowest BCUT2D eigenvalue weighted by molar-refractivity contribution is 0.325. The van der Waals surface area contributed by atoms with Gasteiger partial charge in [-0.15, -0.1) is 0 Å². The molecule has 1 aliphatic heterocycles. The van der Waals surface area contributed by atoms with Crippen LogP contribution in [0.2, 0.25) is 0 Å². The van der Waals surface area contributed by atoms with Crippen molar-refractivity contribution in [2.45, 2.75) is 77.9 Å². The summed E-state index contributed by atoms with van der Waals surface area (Å²) < 4.78 is 0. The highest BCUT2D eigenvalue weighted by Crippen LogP contribution is 2.62. The largest absolute Gasteiger partial charge is 0.311 e. The molecule has 1 saturated heterocycles. The van der Waals surface area contributed by atoms with Gasteiger partial charge in [-0.1, -0.05) is 40.5 Å². The number of fused-ring (bicyclic) bond motifs is 1. The van der Waals surface area contributed by atoms with Gasteiger partial charge in [-0.05, 0) is 36.0 Å². The first kappa shape index (κ1) is 12.9. The summed E-state index contributed by atoms with van der Waals surface area (Å²) in [5.41, 5.74) is 0.941. The van der Waals surface area contributed by atoms with Gasteiger partial charge in [-0.25, -0.2) is 0 Å². The molecule has 3 atom stereocenters. The van der Waals surface area contributed by atoms with Gasteiger partial charge >= 0.3 is 0 Å². The zero-order valence-electron chi connectivity index (χ0n) is 12.6. The van der Waals surface area contributed by atoms with Crippen LogP contribution in [0.25, 0.3) is 0 Å². The van der Waals surface area contributed by atoms with Crippen molar-refractivity contribution < 1.29 is 0 Å². The van der Waals surface area contributed by atoms with Crippen molar-refractivity contribution in [3.63, 3.8) is 0 Å². The van der Waals surface area contributed by atoms with Crippen molar-refractivity contribution in [2.75, 3.05) is 6.54 Å². The minimum Gasteiger partial charge on any atom is -0.311 e. The molecule has 0 radical (unpaired) electrons. The van der Waals surface area contributed by atoms with E-state index < -0.39 is 0 Å². The van der Waals surface area contributed by atoms with E-state index in [0.717, 1.165) is 18.0 Å². The maximum atomic E-state index is 3.87. The van der Waals surface area contributed by atoms with E-state index >= 15 is 0 Å². The molecule has 0 aromatic carbocycles. The van der Waals surface area contributed by atoms with Crippen LogP contribution in [-0.4, -0.2) is 24.7 Å². The molecule has 2 aliphatic carbocycles. The highest BCUT2D eigenvalue weighted by Gasteiger charge is 2.64. The Morgan fingerprint density at radius 3 is 2.33 bits per heavy atom. The van der Waals surface area contributed by atoms with Crippen LogP contribution in [0.1, 0.15) is 59.8 Å². The Kier molecular flexibility index (Phi) is 3.02. The van der Waals surface area contributed by atoms with Crippen molar-refractivity contribution in [3.05, 3.63) is 0 Å². The summed E-state index contributed by atoms with van der Waals surface area (Å²) in [7, 11) is 0. The first-order chi connectivity index (χ1) is 8.43. The van der Waals surface area contributed by atoms with Crippen LogP contribution < -0.4 is 10.6 Å². The summed E-state index contributed by atoms with van der Waals surface area (Å²) in [6.45, 7) is 10.8. The summed E-state index contributed by atoms with van der Waals surface area (Å²) in [5.74, 6) is 0.978. The van der Waals surface area contributed by atoms with E-state index in [-0.39, 0.29) is 0 Å². The molecular formula is C16H30N2. The molecule has 3 unspecified atom stereocenters. The average molecular weight is 250 g/mol. The van der Waals surface area contributed by atoms with Crippen LogP contribution in [0.4, 0.5) is 0 Å². The lowest BCUT2D eigenvalue weighted by Crippen LogP contribution is -2.40. The van der Waals surface area contributed by atoms with Crippen LogP contribution in [0.3, 0.4) is 0 Å². The van der Waals surface area contributed by atoms with Gasteiger partial charge in [-0.2, -0.15) is 0 Å². The molecule has 3 rings (SSSR count). The number of rotatable bonds is 3. The fourth-order valence-electron chi connectivity index (χ4n) is 4.55. The Balaban J connectivity index is 1.48. The van der Waals surface area contributed by atoms with Gasteiger partial charge < -0.3 is 10.6 Å². The summed E-state index contributed by atoms with van der Waals surface area (Å²) in [6, 6.07) is 2.27. The monoisotopic (exact) mass is 250 g/mol. The summed E-state index contributed by atoms with van der Waals surface area (Å²) in [6.07, 6.45) is 7.20. The second-order valence-corrected chi connectivity index (χ2v) is 8.03. The number of nitrogens with one attached hydrogen (secondary N) is 2. The Labute approximate surface area is 112 Å². The molecule has 0 bridgehead atoms. The minimum absolute atomic E-state index is 0.471. The highest BCUT2D eigenvalue weighted by molar-refractivity contribution is 5.18. The van der Waals surface area contributed by atoms with Crippen molar-refractivity contribution >= 4 is 0 Å². The fourth-order valence-corrected chi connectivity index (χ4v) is 4.55. The zero-order valence-corrected chi connectivity index (χ0v) is 12.6. The van der Waals surface area contributed by atoms with Crippen LogP contribution in [0.5, 0.6) is 0 Å². The molecule has 1 heterocycles. The van der Waals surface area contributed by atoms with Gasteiger partial charge in [0.15, 0.2) is 0 Å². The zero-order chi connectivity index (χ0) is 13.0. The van der Waals surface area contributed by atoms with Gasteiger partial charge in [0.25, 0.3) is 0 Å². The van der Waals surface area contributed by atoms with Gasteiger partial charge in [0, 0.05) is 24.7 Å². The third-order valence-corrected chi connectivity index (χ3v) is 6.54. The van der Waals surface area contributed by atoms with Crippen molar-refractivity contribution in [1.82, 2.24) is 10.6 Å². The molecule has 0 aromatic rings. The smallest absolute Gasteiger partial charge is 0.0198 e. The van der Waals surface area contributed by atoms with Crippen LogP contribution in [0, 0.1) is 16.7 Å². The molecular weight excluding hydrogens is 220 g/mol. The van der Waals surface area contributed by atoms with Crippen molar-refractivity contribution in [3.8, 4) is 0 Å². The molecule has 2 nitrogen and oxygen atoms in total. The Hall–Kier alpha value is -0.0800. The molecule has 2 saturated carbocycles. The Morgan fingerprint density at radius 1 is 1.06 bits per heavy atom. The van der Waals surface area contributed by atoms with Crippen LogP contribution in [-0.2, 0) is 0 Å². The second kappa shape index (κ2) is 4.21. The van der Waals surface area contributed by atoms with Gasteiger partial charge in [0.2, 0.25) is 0 Å².